The zero-order valence-corrected chi connectivity index (χ0v) is 21.0. The van der Waals surface area contributed by atoms with Gasteiger partial charge in [-0.05, 0) is 81.9 Å². The number of fused-ring (bicyclic) bond motifs is 1. The van der Waals surface area contributed by atoms with E-state index in [-0.39, 0.29) is 24.1 Å². The molecular formula is C23H31BrClN7O. The Balaban J connectivity index is 0.00000259. The zero-order valence-electron chi connectivity index (χ0n) is 18.6. The minimum absolute atomic E-state index is 0. The summed E-state index contributed by atoms with van der Waals surface area (Å²) in [5.41, 5.74) is 8.11. The van der Waals surface area contributed by atoms with Crippen molar-refractivity contribution in [1.82, 2.24) is 29.3 Å². The van der Waals surface area contributed by atoms with Gasteiger partial charge < -0.3 is 16.0 Å². The van der Waals surface area contributed by atoms with E-state index in [2.05, 4.69) is 36.1 Å². The topological polar surface area (TPSA) is 94.0 Å². The minimum atomic E-state index is -0.0947. The number of nitrogens with two attached hydrogens (primary N) is 1. The van der Waals surface area contributed by atoms with Crippen LogP contribution in [0.25, 0.3) is 16.9 Å². The van der Waals surface area contributed by atoms with E-state index in [0.29, 0.717) is 17.0 Å². The van der Waals surface area contributed by atoms with Crippen molar-refractivity contribution >= 4 is 45.3 Å². The second-order valence-corrected chi connectivity index (χ2v) is 9.87. The summed E-state index contributed by atoms with van der Waals surface area (Å²) in [6.45, 7) is 5.48. The number of halogens is 2. The first-order valence-corrected chi connectivity index (χ1v) is 12.3. The fourth-order valence-electron chi connectivity index (χ4n) is 5.16. The molecule has 33 heavy (non-hydrogen) atoms. The Bertz CT molecular complexity index is 1130. The van der Waals surface area contributed by atoms with Crippen molar-refractivity contribution in [3.05, 3.63) is 45.5 Å². The number of hydrogen-bond acceptors (Lipinski definition) is 6. The Kier molecular flexibility index (Phi) is 7.73. The fraction of sp³-hybridized carbons (Fsp3) is 0.522. The van der Waals surface area contributed by atoms with Crippen molar-refractivity contribution in [2.24, 2.45) is 5.92 Å². The Hall–Kier alpha value is -1.94. The lowest BCUT2D eigenvalue weighted by molar-refractivity contribution is 0.170. The molecule has 10 heteroatoms. The summed E-state index contributed by atoms with van der Waals surface area (Å²) in [5, 5.41) is 3.45. The van der Waals surface area contributed by atoms with Crippen molar-refractivity contribution < 1.29 is 0 Å². The Morgan fingerprint density at radius 2 is 1.76 bits per heavy atom. The molecule has 8 nitrogen and oxygen atoms in total. The number of likely N-dealkylation sites (tertiary alicyclic amines) is 1. The summed E-state index contributed by atoms with van der Waals surface area (Å²) in [4.78, 5) is 24.8. The van der Waals surface area contributed by atoms with E-state index in [4.69, 9.17) is 5.73 Å². The zero-order chi connectivity index (χ0) is 22.1. The maximum atomic E-state index is 13.6. The number of nitrogens with zero attached hydrogens (tertiary/aromatic N) is 5. The van der Waals surface area contributed by atoms with Gasteiger partial charge in [0.1, 0.15) is 11.8 Å². The van der Waals surface area contributed by atoms with Crippen molar-refractivity contribution in [2.75, 3.05) is 38.5 Å². The third-order valence-corrected chi connectivity index (χ3v) is 7.53. The quantitative estimate of drug-likeness (QED) is 0.519. The van der Waals surface area contributed by atoms with Crippen LogP contribution in [0.5, 0.6) is 0 Å². The van der Waals surface area contributed by atoms with Crippen molar-refractivity contribution in [2.45, 2.75) is 38.1 Å². The van der Waals surface area contributed by atoms with Crippen LogP contribution in [-0.2, 0) is 0 Å². The predicted octanol–water partition coefficient (Wildman–Crippen LogP) is 3.38. The van der Waals surface area contributed by atoms with E-state index in [1.54, 1.807) is 4.57 Å². The summed E-state index contributed by atoms with van der Waals surface area (Å²) >= 11 is 3.46. The molecule has 2 saturated heterocycles. The standard InChI is InChI=1S/C23H30BrN7O.ClH/c24-17-1-3-18(4-2-17)30-20-21(25)27-15-28-22(20)31(23(30)32)19-8-13-29(14-9-19)12-7-16-5-10-26-11-6-16;/h1-4,15-16,19,26H,5-14H2,(H2,25,27,28);1H. The van der Waals surface area contributed by atoms with Gasteiger partial charge in [0.05, 0.1) is 5.69 Å². The molecule has 4 heterocycles. The molecule has 2 aromatic heterocycles. The van der Waals surface area contributed by atoms with Crippen LogP contribution in [0.1, 0.15) is 38.1 Å². The SMILES string of the molecule is Cl.Nc1ncnc2c1n(-c1ccc(Br)cc1)c(=O)n2C1CCN(CCC2CCNCC2)CC1. The van der Waals surface area contributed by atoms with Crippen LogP contribution in [0.4, 0.5) is 5.82 Å². The molecule has 1 aromatic carbocycles. The summed E-state index contributed by atoms with van der Waals surface area (Å²) in [6.07, 6.45) is 7.20. The predicted molar refractivity (Wildman–Crippen MR) is 137 cm³/mol. The van der Waals surface area contributed by atoms with Crippen LogP contribution in [-0.4, -0.2) is 56.7 Å². The van der Waals surface area contributed by atoms with Crippen LogP contribution in [0, 0.1) is 5.92 Å². The average Bonchev–Trinajstić information content (AvgIpc) is 3.12. The Morgan fingerprint density at radius 3 is 2.45 bits per heavy atom. The van der Waals surface area contributed by atoms with E-state index >= 15 is 0 Å². The number of aromatic nitrogens is 4. The van der Waals surface area contributed by atoms with E-state index in [1.807, 2.05) is 28.8 Å². The molecule has 2 aliphatic heterocycles. The molecule has 0 radical (unpaired) electrons. The second kappa shape index (κ2) is 10.5. The van der Waals surface area contributed by atoms with Gasteiger partial charge in [0.25, 0.3) is 0 Å². The van der Waals surface area contributed by atoms with Gasteiger partial charge in [0.15, 0.2) is 11.5 Å². The van der Waals surface area contributed by atoms with Crippen LogP contribution in [0.15, 0.2) is 39.9 Å². The molecule has 0 saturated carbocycles. The van der Waals surface area contributed by atoms with Gasteiger partial charge in [0, 0.05) is 23.6 Å². The van der Waals surface area contributed by atoms with Gasteiger partial charge in [-0.2, -0.15) is 0 Å². The normalized spacial score (nSPS) is 18.5. The maximum Gasteiger partial charge on any atom is 0.335 e. The largest absolute Gasteiger partial charge is 0.382 e. The highest BCUT2D eigenvalue weighted by Crippen LogP contribution is 2.28. The number of rotatable bonds is 5. The van der Waals surface area contributed by atoms with Crippen LogP contribution < -0.4 is 16.7 Å². The van der Waals surface area contributed by atoms with Gasteiger partial charge in [0.2, 0.25) is 0 Å². The number of nitrogen functional groups attached to an aromatic ring is 1. The third kappa shape index (κ3) is 4.96. The molecular weight excluding hydrogens is 506 g/mol. The number of anilines is 1. The molecule has 2 fully saturated rings. The highest BCUT2D eigenvalue weighted by Gasteiger charge is 2.28. The smallest absolute Gasteiger partial charge is 0.335 e. The molecule has 5 rings (SSSR count). The highest BCUT2D eigenvalue weighted by atomic mass is 79.9. The number of piperidine rings is 2. The summed E-state index contributed by atoms with van der Waals surface area (Å²) in [7, 11) is 0. The van der Waals surface area contributed by atoms with Crippen molar-refractivity contribution in [3.8, 4) is 5.69 Å². The van der Waals surface area contributed by atoms with E-state index in [0.717, 1.165) is 61.6 Å². The molecule has 0 unspecified atom stereocenters. The Morgan fingerprint density at radius 1 is 1.06 bits per heavy atom. The summed E-state index contributed by atoms with van der Waals surface area (Å²) < 4.78 is 4.46. The van der Waals surface area contributed by atoms with Crippen molar-refractivity contribution in [1.29, 1.82) is 0 Å². The highest BCUT2D eigenvalue weighted by molar-refractivity contribution is 9.10. The van der Waals surface area contributed by atoms with E-state index < -0.39 is 0 Å². The summed E-state index contributed by atoms with van der Waals surface area (Å²) in [6, 6.07) is 7.78. The molecule has 178 valence electrons. The number of imidazole rings is 1. The fourth-order valence-corrected chi connectivity index (χ4v) is 5.43. The lowest BCUT2D eigenvalue weighted by Crippen LogP contribution is -2.39. The lowest BCUT2D eigenvalue weighted by atomic mass is 9.94. The molecule has 0 bridgehead atoms. The molecule has 0 aliphatic carbocycles. The monoisotopic (exact) mass is 535 g/mol. The lowest BCUT2D eigenvalue weighted by Gasteiger charge is -2.33. The first-order valence-electron chi connectivity index (χ1n) is 11.5. The number of hydrogen-bond donors (Lipinski definition) is 2. The second-order valence-electron chi connectivity index (χ2n) is 8.95. The molecule has 3 N–H and O–H groups in total. The average molecular weight is 537 g/mol. The summed E-state index contributed by atoms with van der Waals surface area (Å²) in [5.74, 6) is 1.17. The van der Waals surface area contributed by atoms with Gasteiger partial charge in [-0.15, -0.1) is 12.4 Å². The van der Waals surface area contributed by atoms with Crippen LogP contribution in [0.2, 0.25) is 0 Å². The molecule has 0 amide bonds. The van der Waals surface area contributed by atoms with E-state index in [9.17, 15) is 4.79 Å². The maximum absolute atomic E-state index is 13.6. The van der Waals surface area contributed by atoms with E-state index in [1.165, 1.54) is 25.6 Å². The van der Waals surface area contributed by atoms with Crippen LogP contribution in [0.3, 0.4) is 0 Å². The molecule has 3 aromatic rings. The number of benzene rings is 1. The molecule has 2 aliphatic rings. The minimum Gasteiger partial charge on any atom is -0.382 e. The van der Waals surface area contributed by atoms with Crippen LogP contribution >= 0.6 is 28.3 Å². The van der Waals surface area contributed by atoms with Gasteiger partial charge in [-0.25, -0.2) is 14.8 Å². The van der Waals surface area contributed by atoms with Gasteiger partial charge in [-0.1, -0.05) is 15.9 Å². The number of nitrogens with one attached hydrogen (secondary N) is 1. The van der Waals surface area contributed by atoms with Gasteiger partial charge in [-0.3, -0.25) is 9.13 Å². The van der Waals surface area contributed by atoms with Crippen molar-refractivity contribution in [3.63, 3.8) is 0 Å². The third-order valence-electron chi connectivity index (χ3n) is 7.00. The molecule has 0 spiro atoms. The van der Waals surface area contributed by atoms with Gasteiger partial charge >= 0.3 is 5.69 Å². The first-order chi connectivity index (χ1) is 15.6. The first kappa shape index (κ1) is 24.2. The Labute approximate surface area is 208 Å². The molecule has 0 atom stereocenters.